The van der Waals surface area contributed by atoms with Crippen LogP contribution in [0, 0.1) is 0 Å². The molecule has 33 heavy (non-hydrogen) atoms. The minimum Gasteiger partial charge on any atom is -0.493 e. The Kier molecular flexibility index (Phi) is 5.95. The minimum absolute atomic E-state index is 0.0147. The molecule has 9 nitrogen and oxygen atoms in total. The fourth-order valence-corrected chi connectivity index (χ4v) is 4.32. The molecule has 0 saturated carbocycles. The Morgan fingerprint density at radius 2 is 2.03 bits per heavy atom. The van der Waals surface area contributed by atoms with Crippen LogP contribution in [0.3, 0.4) is 0 Å². The van der Waals surface area contributed by atoms with Crippen molar-refractivity contribution in [3.8, 4) is 23.0 Å². The van der Waals surface area contributed by atoms with Crippen LogP contribution >= 0.6 is 0 Å². The fraction of sp³-hybridized carbons (Fsp3) is 0.417. The molecule has 0 aromatic heterocycles. The Morgan fingerprint density at radius 3 is 2.85 bits per heavy atom. The molecule has 3 aliphatic heterocycles. The second kappa shape index (κ2) is 9.19. The van der Waals surface area contributed by atoms with Gasteiger partial charge in [0.1, 0.15) is 0 Å². The van der Waals surface area contributed by atoms with Crippen molar-refractivity contribution in [1.29, 1.82) is 0 Å². The van der Waals surface area contributed by atoms with E-state index in [4.69, 9.17) is 23.7 Å². The molecule has 2 aromatic carbocycles. The van der Waals surface area contributed by atoms with E-state index in [2.05, 4.69) is 5.32 Å². The van der Waals surface area contributed by atoms with Gasteiger partial charge in [-0.25, -0.2) is 0 Å². The van der Waals surface area contributed by atoms with Crippen molar-refractivity contribution in [2.45, 2.75) is 31.5 Å². The molecule has 2 saturated heterocycles. The van der Waals surface area contributed by atoms with Crippen LogP contribution in [0.25, 0.3) is 0 Å². The first-order chi connectivity index (χ1) is 16.1. The number of hydrogen-bond donors (Lipinski definition) is 1. The number of likely N-dealkylation sites (tertiary alicyclic amines) is 1. The number of amides is 2. The van der Waals surface area contributed by atoms with Crippen molar-refractivity contribution < 1.29 is 33.3 Å². The van der Waals surface area contributed by atoms with Gasteiger partial charge in [-0.05, 0) is 36.2 Å². The summed E-state index contributed by atoms with van der Waals surface area (Å²) in [7, 11) is 1.59. The molecule has 0 spiro atoms. The normalized spacial score (nSPS) is 21.4. The molecule has 2 atom stereocenters. The van der Waals surface area contributed by atoms with E-state index in [0.29, 0.717) is 48.3 Å². The van der Waals surface area contributed by atoms with Crippen LogP contribution in [0.2, 0.25) is 0 Å². The highest BCUT2D eigenvalue weighted by Crippen LogP contribution is 2.37. The van der Waals surface area contributed by atoms with Gasteiger partial charge in [-0.1, -0.05) is 6.07 Å². The Hall–Kier alpha value is -3.46. The number of carbonyl (C=O) groups is 2. The quantitative estimate of drug-likeness (QED) is 0.687. The van der Waals surface area contributed by atoms with Gasteiger partial charge in [0, 0.05) is 37.1 Å². The van der Waals surface area contributed by atoms with Crippen LogP contribution in [0.1, 0.15) is 30.7 Å². The average molecular weight is 454 g/mol. The van der Waals surface area contributed by atoms with Crippen molar-refractivity contribution in [1.82, 2.24) is 4.90 Å². The standard InChI is InChI=1S/C24H26N2O7/c1-29-18-6-4-15(9-21(18)33-24-3-2-8-30-24)16-10-23(28)26(12-16)13-22(27)25-17-5-7-19-20(11-17)32-14-31-19/h4-7,9,11,16,24H,2-3,8,10,12-14H2,1H3,(H,25,27)/t16-,24?/m1/s1. The SMILES string of the molecule is COc1ccc([C@@H]2CC(=O)N(CC(=O)Nc3ccc4c(c3)OCO4)C2)cc1OC1CCCO1. The van der Waals surface area contributed by atoms with E-state index in [1.165, 1.54) is 0 Å². The summed E-state index contributed by atoms with van der Waals surface area (Å²) in [5.41, 5.74) is 1.56. The Bertz CT molecular complexity index is 1050. The highest BCUT2D eigenvalue weighted by atomic mass is 16.7. The number of fused-ring (bicyclic) bond motifs is 1. The van der Waals surface area contributed by atoms with Gasteiger partial charge in [-0.2, -0.15) is 0 Å². The summed E-state index contributed by atoms with van der Waals surface area (Å²) in [6.45, 7) is 1.30. The Morgan fingerprint density at radius 1 is 1.15 bits per heavy atom. The number of methoxy groups -OCH3 is 1. The molecule has 3 heterocycles. The van der Waals surface area contributed by atoms with Gasteiger partial charge in [-0.15, -0.1) is 0 Å². The third-order valence-corrected chi connectivity index (χ3v) is 6.01. The maximum Gasteiger partial charge on any atom is 0.243 e. The molecule has 1 N–H and O–H groups in total. The fourth-order valence-electron chi connectivity index (χ4n) is 4.32. The van der Waals surface area contributed by atoms with E-state index in [1.807, 2.05) is 18.2 Å². The summed E-state index contributed by atoms with van der Waals surface area (Å²) in [6, 6.07) is 10.9. The zero-order valence-electron chi connectivity index (χ0n) is 18.4. The number of hydrogen-bond acceptors (Lipinski definition) is 7. The molecule has 0 radical (unpaired) electrons. The number of ether oxygens (including phenoxy) is 5. The topological polar surface area (TPSA) is 95.6 Å². The monoisotopic (exact) mass is 454 g/mol. The summed E-state index contributed by atoms with van der Waals surface area (Å²) in [5.74, 6) is 2.11. The van der Waals surface area contributed by atoms with Crippen LogP contribution < -0.4 is 24.3 Å². The lowest BCUT2D eigenvalue weighted by atomic mass is 9.98. The molecule has 2 fully saturated rings. The maximum atomic E-state index is 12.6. The number of anilines is 1. The number of nitrogens with one attached hydrogen (secondary N) is 1. The highest BCUT2D eigenvalue weighted by Gasteiger charge is 2.32. The molecular formula is C24H26N2O7. The largest absolute Gasteiger partial charge is 0.493 e. The molecule has 1 unspecified atom stereocenters. The van der Waals surface area contributed by atoms with E-state index in [-0.39, 0.29) is 37.4 Å². The number of rotatable bonds is 7. The van der Waals surface area contributed by atoms with Gasteiger partial charge in [0.15, 0.2) is 29.3 Å². The third kappa shape index (κ3) is 4.68. The molecule has 2 amide bonds. The van der Waals surface area contributed by atoms with Crippen molar-refractivity contribution >= 4 is 17.5 Å². The molecule has 174 valence electrons. The molecule has 0 aliphatic carbocycles. The molecule has 0 bridgehead atoms. The first kappa shape index (κ1) is 21.4. The third-order valence-electron chi connectivity index (χ3n) is 6.01. The summed E-state index contributed by atoms with van der Waals surface area (Å²) in [5, 5.41) is 2.82. The Labute approximate surface area is 191 Å². The van der Waals surface area contributed by atoms with E-state index in [0.717, 1.165) is 18.4 Å². The van der Waals surface area contributed by atoms with E-state index >= 15 is 0 Å². The van der Waals surface area contributed by atoms with Crippen molar-refractivity contribution in [3.63, 3.8) is 0 Å². The minimum atomic E-state index is -0.282. The van der Waals surface area contributed by atoms with Crippen LogP contribution in [-0.2, 0) is 14.3 Å². The first-order valence-corrected chi connectivity index (χ1v) is 11.0. The molecule has 3 aliphatic rings. The summed E-state index contributed by atoms with van der Waals surface area (Å²) >= 11 is 0. The van der Waals surface area contributed by atoms with E-state index in [9.17, 15) is 9.59 Å². The molecule has 9 heteroatoms. The lowest BCUT2D eigenvalue weighted by Gasteiger charge is -2.19. The molecule has 5 rings (SSSR count). The maximum absolute atomic E-state index is 12.6. The molecule has 2 aromatic rings. The number of benzene rings is 2. The van der Waals surface area contributed by atoms with Crippen LogP contribution in [-0.4, -0.2) is 56.6 Å². The van der Waals surface area contributed by atoms with Crippen LogP contribution in [0.4, 0.5) is 5.69 Å². The van der Waals surface area contributed by atoms with Gasteiger partial charge in [0.05, 0.1) is 20.3 Å². The van der Waals surface area contributed by atoms with Gasteiger partial charge in [0.2, 0.25) is 18.6 Å². The summed E-state index contributed by atoms with van der Waals surface area (Å²) in [4.78, 5) is 26.8. The molecular weight excluding hydrogens is 428 g/mol. The average Bonchev–Trinajstić information content (AvgIpc) is 3.56. The van der Waals surface area contributed by atoms with E-state index in [1.54, 1.807) is 30.2 Å². The summed E-state index contributed by atoms with van der Waals surface area (Å²) < 4.78 is 27.6. The van der Waals surface area contributed by atoms with Gasteiger partial charge in [-0.3, -0.25) is 9.59 Å². The summed E-state index contributed by atoms with van der Waals surface area (Å²) in [6.07, 6.45) is 1.85. The van der Waals surface area contributed by atoms with Gasteiger partial charge >= 0.3 is 0 Å². The second-order valence-corrected chi connectivity index (χ2v) is 8.26. The predicted molar refractivity (Wildman–Crippen MR) is 118 cm³/mol. The smallest absolute Gasteiger partial charge is 0.243 e. The lowest BCUT2D eigenvalue weighted by Crippen LogP contribution is -2.34. The van der Waals surface area contributed by atoms with Crippen molar-refractivity contribution in [2.75, 3.05) is 38.9 Å². The predicted octanol–water partition coefficient (Wildman–Crippen LogP) is 2.89. The van der Waals surface area contributed by atoms with Crippen LogP contribution in [0.15, 0.2) is 36.4 Å². The van der Waals surface area contributed by atoms with Gasteiger partial charge < -0.3 is 33.9 Å². The number of carbonyl (C=O) groups excluding carboxylic acids is 2. The zero-order chi connectivity index (χ0) is 22.8. The second-order valence-electron chi connectivity index (χ2n) is 8.26. The zero-order valence-corrected chi connectivity index (χ0v) is 18.4. The lowest BCUT2D eigenvalue weighted by molar-refractivity contribution is -0.131. The van der Waals surface area contributed by atoms with Crippen molar-refractivity contribution in [2.24, 2.45) is 0 Å². The Balaban J connectivity index is 1.22. The first-order valence-electron chi connectivity index (χ1n) is 11.0. The van der Waals surface area contributed by atoms with Gasteiger partial charge in [0.25, 0.3) is 0 Å². The highest BCUT2D eigenvalue weighted by molar-refractivity contribution is 5.95. The van der Waals surface area contributed by atoms with Crippen LogP contribution in [0.5, 0.6) is 23.0 Å². The van der Waals surface area contributed by atoms with E-state index < -0.39 is 0 Å². The van der Waals surface area contributed by atoms with Crippen molar-refractivity contribution in [3.05, 3.63) is 42.0 Å². The number of nitrogens with zero attached hydrogens (tertiary/aromatic N) is 1.